The minimum absolute atomic E-state index is 0.146. The summed E-state index contributed by atoms with van der Waals surface area (Å²) in [5, 5.41) is 0. The molecule has 2 N–H and O–H groups in total. The fraction of sp³-hybridized carbons (Fsp3) is 0.600. The third kappa shape index (κ3) is 3.79. The second-order valence-corrected chi connectivity index (χ2v) is 4.80. The number of hydrogen-bond acceptors (Lipinski definition) is 2. The summed E-state index contributed by atoms with van der Waals surface area (Å²) in [7, 11) is 0. The maximum Gasteiger partial charge on any atom is 0.126 e. The first-order valence-electron chi connectivity index (χ1n) is 6.84. The van der Waals surface area contributed by atoms with Gasteiger partial charge in [0.25, 0.3) is 0 Å². The molecular weight excluding hydrogens is 227 g/mol. The molecule has 1 atom stereocenters. The predicted octanol–water partition coefficient (Wildman–Crippen LogP) is 3.26. The topological polar surface area (TPSA) is 29.3 Å². The van der Waals surface area contributed by atoms with Crippen molar-refractivity contribution in [2.75, 3.05) is 19.6 Å². The van der Waals surface area contributed by atoms with E-state index < -0.39 is 0 Å². The van der Waals surface area contributed by atoms with Gasteiger partial charge in [-0.2, -0.15) is 0 Å². The number of nitrogens with zero attached hydrogens (tertiary/aromatic N) is 1. The Morgan fingerprint density at radius 2 is 1.83 bits per heavy atom. The molecule has 102 valence electrons. The third-order valence-corrected chi connectivity index (χ3v) is 3.25. The molecule has 0 bridgehead atoms. The molecule has 0 heterocycles. The molecule has 0 radical (unpaired) electrons. The van der Waals surface area contributed by atoms with Crippen LogP contribution in [0.15, 0.2) is 18.2 Å². The average Bonchev–Trinajstić information content (AvgIpc) is 2.35. The van der Waals surface area contributed by atoms with Crippen molar-refractivity contribution < 1.29 is 4.39 Å². The van der Waals surface area contributed by atoms with Crippen LogP contribution in [0.25, 0.3) is 0 Å². The van der Waals surface area contributed by atoms with Crippen molar-refractivity contribution in [3.05, 3.63) is 35.1 Å². The highest BCUT2D eigenvalue weighted by atomic mass is 19.1. The molecule has 0 saturated heterocycles. The van der Waals surface area contributed by atoms with Crippen molar-refractivity contribution in [1.82, 2.24) is 4.90 Å². The van der Waals surface area contributed by atoms with Crippen LogP contribution >= 0.6 is 0 Å². The molecule has 0 aliphatic heterocycles. The molecule has 0 saturated carbocycles. The number of benzene rings is 1. The molecule has 1 aromatic rings. The summed E-state index contributed by atoms with van der Waals surface area (Å²) in [6.45, 7) is 8.79. The molecular formula is C15H25FN2. The Morgan fingerprint density at radius 1 is 1.22 bits per heavy atom. The smallest absolute Gasteiger partial charge is 0.126 e. The second kappa shape index (κ2) is 7.49. The minimum atomic E-state index is -0.146. The van der Waals surface area contributed by atoms with E-state index >= 15 is 0 Å². The quantitative estimate of drug-likeness (QED) is 0.807. The molecule has 0 aliphatic rings. The summed E-state index contributed by atoms with van der Waals surface area (Å²) >= 11 is 0. The van der Waals surface area contributed by atoms with E-state index in [9.17, 15) is 4.39 Å². The summed E-state index contributed by atoms with van der Waals surface area (Å²) in [5.74, 6) is -0.146. The predicted molar refractivity (Wildman–Crippen MR) is 75.1 cm³/mol. The lowest BCUT2D eigenvalue weighted by Gasteiger charge is -2.31. The van der Waals surface area contributed by atoms with Crippen LogP contribution in [0.5, 0.6) is 0 Å². The van der Waals surface area contributed by atoms with E-state index in [0.717, 1.165) is 31.5 Å². The SMILES string of the molecule is CCCN(CCC)C(CN)c1ccc(F)c(C)c1. The number of aryl methyl sites for hydroxylation is 1. The fourth-order valence-corrected chi connectivity index (χ4v) is 2.37. The molecule has 1 unspecified atom stereocenters. The average molecular weight is 252 g/mol. The van der Waals surface area contributed by atoms with Crippen molar-refractivity contribution >= 4 is 0 Å². The standard InChI is InChI=1S/C15H25FN2/c1-4-8-18(9-5-2)15(11-17)13-6-7-14(16)12(3)10-13/h6-7,10,15H,4-5,8-9,11,17H2,1-3H3. The molecule has 18 heavy (non-hydrogen) atoms. The van der Waals surface area contributed by atoms with Crippen molar-refractivity contribution in [3.8, 4) is 0 Å². The summed E-state index contributed by atoms with van der Waals surface area (Å²) in [6, 6.07) is 5.52. The first kappa shape index (κ1) is 15.1. The summed E-state index contributed by atoms with van der Waals surface area (Å²) in [4.78, 5) is 2.40. The van der Waals surface area contributed by atoms with E-state index in [-0.39, 0.29) is 11.9 Å². The zero-order chi connectivity index (χ0) is 13.5. The highest BCUT2D eigenvalue weighted by Crippen LogP contribution is 2.22. The van der Waals surface area contributed by atoms with Gasteiger partial charge in [0.2, 0.25) is 0 Å². The lowest BCUT2D eigenvalue weighted by atomic mass is 10.0. The maximum absolute atomic E-state index is 13.3. The molecule has 0 spiro atoms. The monoisotopic (exact) mass is 252 g/mol. The molecule has 0 fully saturated rings. The van der Waals surface area contributed by atoms with Gasteiger partial charge in [0, 0.05) is 12.6 Å². The van der Waals surface area contributed by atoms with Gasteiger partial charge in [0.1, 0.15) is 5.82 Å². The summed E-state index contributed by atoms with van der Waals surface area (Å²) in [6.07, 6.45) is 2.22. The van der Waals surface area contributed by atoms with Crippen molar-refractivity contribution in [2.24, 2.45) is 5.73 Å². The Hall–Kier alpha value is -0.930. The number of nitrogens with two attached hydrogens (primary N) is 1. The number of halogens is 1. The van der Waals surface area contributed by atoms with Crippen LogP contribution in [0.4, 0.5) is 4.39 Å². The third-order valence-electron chi connectivity index (χ3n) is 3.25. The van der Waals surface area contributed by atoms with Gasteiger partial charge in [-0.25, -0.2) is 4.39 Å². The lowest BCUT2D eigenvalue weighted by molar-refractivity contribution is 0.202. The Kier molecular flexibility index (Phi) is 6.30. The Balaban J connectivity index is 2.94. The van der Waals surface area contributed by atoms with E-state index in [2.05, 4.69) is 18.7 Å². The van der Waals surface area contributed by atoms with Gasteiger partial charge in [-0.3, -0.25) is 4.90 Å². The van der Waals surface area contributed by atoms with Crippen LogP contribution in [0.1, 0.15) is 43.9 Å². The number of hydrogen-bond donors (Lipinski definition) is 1. The summed E-state index contributed by atoms with van der Waals surface area (Å²) < 4.78 is 13.3. The second-order valence-electron chi connectivity index (χ2n) is 4.80. The van der Waals surface area contributed by atoms with Crippen LogP contribution in [-0.4, -0.2) is 24.5 Å². The van der Waals surface area contributed by atoms with Gasteiger partial charge in [0.15, 0.2) is 0 Å². The Labute approximate surface area is 110 Å². The summed E-state index contributed by atoms with van der Waals surface area (Å²) in [5.41, 5.74) is 7.74. The van der Waals surface area contributed by atoms with Crippen molar-refractivity contribution in [1.29, 1.82) is 0 Å². The molecule has 0 amide bonds. The van der Waals surface area contributed by atoms with Gasteiger partial charge in [-0.05, 0) is 50.0 Å². The molecule has 1 rings (SSSR count). The highest BCUT2D eigenvalue weighted by molar-refractivity contribution is 5.26. The van der Waals surface area contributed by atoms with Crippen LogP contribution < -0.4 is 5.73 Å². The van der Waals surface area contributed by atoms with Crippen LogP contribution in [0.3, 0.4) is 0 Å². The van der Waals surface area contributed by atoms with Crippen LogP contribution in [0, 0.1) is 12.7 Å². The van der Waals surface area contributed by atoms with Crippen molar-refractivity contribution in [2.45, 2.75) is 39.7 Å². The van der Waals surface area contributed by atoms with E-state index in [1.807, 2.05) is 12.1 Å². The zero-order valence-electron chi connectivity index (χ0n) is 11.7. The molecule has 0 aliphatic carbocycles. The van der Waals surface area contributed by atoms with E-state index in [1.54, 1.807) is 13.0 Å². The normalized spacial score (nSPS) is 13.0. The molecule has 2 nitrogen and oxygen atoms in total. The van der Waals surface area contributed by atoms with Crippen LogP contribution in [0.2, 0.25) is 0 Å². The zero-order valence-corrected chi connectivity index (χ0v) is 11.7. The largest absolute Gasteiger partial charge is 0.329 e. The van der Waals surface area contributed by atoms with Gasteiger partial charge < -0.3 is 5.73 Å². The molecule has 1 aromatic carbocycles. The maximum atomic E-state index is 13.3. The molecule has 0 aromatic heterocycles. The Morgan fingerprint density at radius 3 is 2.28 bits per heavy atom. The molecule has 3 heteroatoms. The first-order chi connectivity index (χ1) is 8.63. The van der Waals surface area contributed by atoms with Crippen molar-refractivity contribution in [3.63, 3.8) is 0 Å². The van der Waals surface area contributed by atoms with E-state index in [1.165, 1.54) is 0 Å². The van der Waals surface area contributed by atoms with Crippen LogP contribution in [-0.2, 0) is 0 Å². The fourth-order valence-electron chi connectivity index (χ4n) is 2.37. The van der Waals surface area contributed by atoms with Gasteiger partial charge in [0.05, 0.1) is 0 Å². The number of rotatable bonds is 7. The van der Waals surface area contributed by atoms with E-state index in [4.69, 9.17) is 5.73 Å². The van der Waals surface area contributed by atoms with Gasteiger partial charge in [-0.1, -0.05) is 26.0 Å². The van der Waals surface area contributed by atoms with E-state index in [0.29, 0.717) is 12.1 Å². The van der Waals surface area contributed by atoms with Gasteiger partial charge >= 0.3 is 0 Å². The first-order valence-corrected chi connectivity index (χ1v) is 6.84. The Bertz CT molecular complexity index is 360. The lowest BCUT2D eigenvalue weighted by Crippen LogP contribution is -2.35. The minimum Gasteiger partial charge on any atom is -0.329 e. The van der Waals surface area contributed by atoms with Gasteiger partial charge in [-0.15, -0.1) is 0 Å². The highest BCUT2D eigenvalue weighted by Gasteiger charge is 2.18.